The van der Waals surface area contributed by atoms with Gasteiger partial charge in [-0.05, 0) is 42.9 Å². The molecular formula is C20H24N2O2. The first-order valence-corrected chi connectivity index (χ1v) is 8.81. The van der Waals surface area contributed by atoms with Crippen LogP contribution in [0.15, 0.2) is 18.2 Å². The van der Waals surface area contributed by atoms with Crippen molar-refractivity contribution in [3.63, 3.8) is 0 Å². The molecule has 4 nitrogen and oxygen atoms in total. The van der Waals surface area contributed by atoms with Crippen molar-refractivity contribution in [2.24, 2.45) is 0 Å². The fourth-order valence-corrected chi connectivity index (χ4v) is 3.61. The molecule has 1 heterocycles. The predicted molar refractivity (Wildman–Crippen MR) is 97.4 cm³/mol. The number of carbonyl (C=O) groups excluding carboxylic acids is 2. The minimum absolute atomic E-state index is 0.285. The van der Waals surface area contributed by atoms with Crippen LogP contribution in [0.5, 0.6) is 0 Å². The number of nitrogens with two attached hydrogens (primary N) is 1. The number of carbonyl (C=O) groups is 2. The number of hydrogen-bond acceptors (Lipinski definition) is 3. The van der Waals surface area contributed by atoms with E-state index in [1.807, 2.05) is 12.1 Å². The number of anilines is 1. The third kappa shape index (κ3) is 2.56. The van der Waals surface area contributed by atoms with Gasteiger partial charge in [-0.1, -0.05) is 38.8 Å². The molecule has 0 spiro atoms. The van der Waals surface area contributed by atoms with Gasteiger partial charge in [-0.3, -0.25) is 14.9 Å². The second-order valence-corrected chi connectivity index (χ2v) is 6.46. The van der Waals surface area contributed by atoms with Gasteiger partial charge in [-0.25, -0.2) is 0 Å². The maximum atomic E-state index is 12.6. The van der Waals surface area contributed by atoms with Crippen molar-refractivity contribution in [2.45, 2.75) is 52.4 Å². The molecule has 1 aliphatic rings. The highest BCUT2D eigenvalue weighted by Crippen LogP contribution is 2.38. The van der Waals surface area contributed by atoms with Crippen LogP contribution in [0.4, 0.5) is 5.69 Å². The molecule has 0 unspecified atom stereocenters. The molecule has 0 bridgehead atoms. The molecule has 0 aliphatic carbocycles. The van der Waals surface area contributed by atoms with Crippen LogP contribution >= 0.6 is 0 Å². The average molecular weight is 324 g/mol. The Morgan fingerprint density at radius 2 is 1.62 bits per heavy atom. The van der Waals surface area contributed by atoms with Crippen LogP contribution in [0, 0.1) is 0 Å². The highest BCUT2D eigenvalue weighted by molar-refractivity contribution is 6.27. The van der Waals surface area contributed by atoms with E-state index >= 15 is 0 Å². The van der Waals surface area contributed by atoms with Crippen LogP contribution in [0.1, 0.15) is 71.4 Å². The quantitative estimate of drug-likeness (QED) is 0.623. The lowest BCUT2D eigenvalue weighted by Gasteiger charge is -2.24. The highest BCUT2D eigenvalue weighted by Gasteiger charge is 2.30. The summed E-state index contributed by atoms with van der Waals surface area (Å²) in [5, 5.41) is 4.06. The molecule has 0 saturated heterocycles. The van der Waals surface area contributed by atoms with E-state index in [4.69, 9.17) is 5.73 Å². The van der Waals surface area contributed by atoms with E-state index in [2.05, 4.69) is 19.2 Å². The van der Waals surface area contributed by atoms with Crippen LogP contribution in [-0.2, 0) is 12.8 Å². The van der Waals surface area contributed by atoms with E-state index in [0.717, 1.165) is 66.1 Å². The van der Waals surface area contributed by atoms with Gasteiger partial charge in [-0.2, -0.15) is 0 Å². The molecule has 24 heavy (non-hydrogen) atoms. The number of nitrogen functional groups attached to an aromatic ring is 1. The number of rotatable bonds is 6. The largest absolute Gasteiger partial charge is 0.398 e. The van der Waals surface area contributed by atoms with E-state index in [-0.39, 0.29) is 11.8 Å². The van der Waals surface area contributed by atoms with Gasteiger partial charge in [0.25, 0.3) is 11.8 Å². The van der Waals surface area contributed by atoms with Crippen LogP contribution in [0.3, 0.4) is 0 Å². The number of imide groups is 1. The molecule has 2 aromatic rings. The fourth-order valence-electron chi connectivity index (χ4n) is 3.61. The maximum Gasteiger partial charge on any atom is 0.259 e. The van der Waals surface area contributed by atoms with E-state index in [9.17, 15) is 9.59 Å². The fraction of sp³-hybridized carbons (Fsp3) is 0.400. The van der Waals surface area contributed by atoms with Gasteiger partial charge in [-0.15, -0.1) is 0 Å². The van der Waals surface area contributed by atoms with Gasteiger partial charge in [0.2, 0.25) is 0 Å². The van der Waals surface area contributed by atoms with Crippen LogP contribution in [0.25, 0.3) is 10.8 Å². The molecule has 2 amide bonds. The summed E-state index contributed by atoms with van der Waals surface area (Å²) in [5.41, 5.74) is 10.6. The highest BCUT2D eigenvalue weighted by atomic mass is 16.2. The molecule has 0 fully saturated rings. The minimum Gasteiger partial charge on any atom is -0.398 e. The lowest BCUT2D eigenvalue weighted by Crippen LogP contribution is -2.36. The van der Waals surface area contributed by atoms with Crippen LogP contribution in [-0.4, -0.2) is 11.8 Å². The monoisotopic (exact) mass is 324 g/mol. The van der Waals surface area contributed by atoms with E-state index < -0.39 is 0 Å². The maximum absolute atomic E-state index is 12.6. The van der Waals surface area contributed by atoms with Crippen molar-refractivity contribution in [3.05, 3.63) is 40.5 Å². The third-order valence-electron chi connectivity index (χ3n) is 4.86. The molecule has 0 atom stereocenters. The van der Waals surface area contributed by atoms with Crippen molar-refractivity contribution < 1.29 is 9.59 Å². The lowest BCUT2D eigenvalue weighted by molar-refractivity contribution is 0.0844. The third-order valence-corrected chi connectivity index (χ3v) is 4.86. The molecule has 1 aliphatic heterocycles. The Labute approximate surface area is 142 Å². The van der Waals surface area contributed by atoms with Crippen molar-refractivity contribution >= 4 is 28.3 Å². The lowest BCUT2D eigenvalue weighted by atomic mass is 9.84. The molecule has 0 saturated carbocycles. The Balaban J connectivity index is 2.36. The average Bonchev–Trinajstić information content (AvgIpc) is 2.57. The number of amides is 2. The summed E-state index contributed by atoms with van der Waals surface area (Å²) in [6.45, 7) is 4.28. The summed E-state index contributed by atoms with van der Waals surface area (Å²) in [4.78, 5) is 24.8. The van der Waals surface area contributed by atoms with Crippen molar-refractivity contribution in [1.29, 1.82) is 0 Å². The van der Waals surface area contributed by atoms with Gasteiger partial charge in [0.05, 0.1) is 5.56 Å². The van der Waals surface area contributed by atoms with Crippen LogP contribution in [0.2, 0.25) is 0 Å². The predicted octanol–water partition coefficient (Wildman–Crippen LogP) is 3.99. The number of nitrogens with one attached hydrogen (secondary N) is 1. The standard InChI is InChI=1S/C20H24N2O2/c1-3-5-8-12-13(9-6-4-2)18(21)14-10-7-11-15-16(14)17(12)20(24)22-19(15)23/h7,10-11H,3-6,8-9,21H2,1-2H3,(H,22,23,24). The minimum atomic E-state index is -0.333. The van der Waals surface area contributed by atoms with E-state index in [0.29, 0.717) is 11.1 Å². The summed E-state index contributed by atoms with van der Waals surface area (Å²) in [6, 6.07) is 5.52. The number of hydrogen-bond donors (Lipinski definition) is 2. The van der Waals surface area contributed by atoms with Gasteiger partial charge in [0.15, 0.2) is 0 Å². The Morgan fingerprint density at radius 1 is 0.958 bits per heavy atom. The molecule has 126 valence electrons. The smallest absolute Gasteiger partial charge is 0.259 e. The molecule has 3 N–H and O–H groups in total. The van der Waals surface area contributed by atoms with Crippen molar-refractivity contribution in [2.75, 3.05) is 5.73 Å². The molecule has 0 radical (unpaired) electrons. The van der Waals surface area contributed by atoms with E-state index in [1.165, 1.54) is 0 Å². The first-order valence-electron chi connectivity index (χ1n) is 8.81. The first-order chi connectivity index (χ1) is 11.6. The molecule has 0 aromatic heterocycles. The Morgan fingerprint density at radius 3 is 2.29 bits per heavy atom. The van der Waals surface area contributed by atoms with Crippen LogP contribution < -0.4 is 11.1 Å². The van der Waals surface area contributed by atoms with E-state index in [1.54, 1.807) is 6.07 Å². The zero-order valence-electron chi connectivity index (χ0n) is 14.4. The van der Waals surface area contributed by atoms with Crippen molar-refractivity contribution in [1.82, 2.24) is 5.32 Å². The SMILES string of the molecule is CCCCc1c(CCCC)c2c3c(cccc3c1N)C(=O)NC2=O. The summed E-state index contributed by atoms with van der Waals surface area (Å²) in [6.07, 6.45) is 5.85. The zero-order valence-corrected chi connectivity index (χ0v) is 14.4. The molecule has 3 rings (SSSR count). The van der Waals surface area contributed by atoms with Gasteiger partial charge < -0.3 is 5.73 Å². The molecule has 2 aromatic carbocycles. The van der Waals surface area contributed by atoms with Gasteiger partial charge >= 0.3 is 0 Å². The zero-order chi connectivity index (χ0) is 17.3. The number of unbranched alkanes of at least 4 members (excludes halogenated alkanes) is 2. The first kappa shape index (κ1) is 16.5. The van der Waals surface area contributed by atoms with Crippen molar-refractivity contribution in [3.8, 4) is 0 Å². The Kier molecular flexibility index (Phi) is 4.56. The van der Waals surface area contributed by atoms with Gasteiger partial charge in [0.1, 0.15) is 0 Å². The Bertz CT molecular complexity index is 824. The Hall–Kier alpha value is -2.36. The normalized spacial score (nSPS) is 13.4. The number of benzene rings is 2. The summed E-state index contributed by atoms with van der Waals surface area (Å²) in [5.74, 6) is -0.618. The molecular weight excluding hydrogens is 300 g/mol. The molecule has 4 heteroatoms. The summed E-state index contributed by atoms with van der Waals surface area (Å²) < 4.78 is 0. The second kappa shape index (κ2) is 6.63. The topological polar surface area (TPSA) is 72.2 Å². The van der Waals surface area contributed by atoms with Gasteiger partial charge in [0, 0.05) is 22.0 Å². The summed E-state index contributed by atoms with van der Waals surface area (Å²) in [7, 11) is 0. The summed E-state index contributed by atoms with van der Waals surface area (Å²) >= 11 is 0. The second-order valence-electron chi connectivity index (χ2n) is 6.46.